The van der Waals surface area contributed by atoms with E-state index in [2.05, 4.69) is 39.8 Å². The van der Waals surface area contributed by atoms with Gasteiger partial charge in [-0.1, -0.05) is 25.7 Å². The highest BCUT2D eigenvalue weighted by atomic mass is 32.1. The number of nitrogens with zero attached hydrogens (tertiary/aromatic N) is 8. The Balaban J connectivity index is 1.24. The van der Waals surface area contributed by atoms with E-state index in [9.17, 15) is 4.79 Å². The van der Waals surface area contributed by atoms with E-state index >= 15 is 4.39 Å². The molecule has 14 heteroatoms. The van der Waals surface area contributed by atoms with Crippen LogP contribution in [0.5, 0.6) is 0 Å². The minimum absolute atomic E-state index is 0.183. The summed E-state index contributed by atoms with van der Waals surface area (Å²) in [6.07, 6.45) is 4.37. The third-order valence-electron chi connectivity index (χ3n) is 6.73. The molecule has 212 valence electrons. The molecule has 0 spiro atoms. The van der Waals surface area contributed by atoms with E-state index in [-0.39, 0.29) is 30.8 Å². The molecule has 5 aromatic rings. The van der Waals surface area contributed by atoms with Crippen molar-refractivity contribution in [3.63, 3.8) is 0 Å². The lowest BCUT2D eigenvalue weighted by Gasteiger charge is -2.19. The number of benzene rings is 1. The normalized spacial score (nSPS) is 15.7. The maximum atomic E-state index is 15.4. The molecule has 6 rings (SSSR count). The van der Waals surface area contributed by atoms with Gasteiger partial charge in [-0.05, 0) is 36.7 Å². The molecule has 1 atom stereocenters. The number of halogens is 1. The minimum atomic E-state index is -1.18. The summed E-state index contributed by atoms with van der Waals surface area (Å²) in [4.78, 5) is 27.7. The zero-order valence-electron chi connectivity index (χ0n) is 23.1. The quantitative estimate of drug-likeness (QED) is 0.161. The molecule has 1 saturated heterocycles. The van der Waals surface area contributed by atoms with E-state index in [0.29, 0.717) is 29.2 Å². The molecule has 41 heavy (non-hydrogen) atoms. The summed E-state index contributed by atoms with van der Waals surface area (Å²) in [6.45, 7) is 9.90. The number of thiazole rings is 1. The second kappa shape index (κ2) is 10.8. The SMILES string of the molecule is Cc1nc([C@H]2COC(=O)N2c2ccn3ncc(-c4ccc(-c5ncn(COCC[Si](C)(C)C)n5)c(F)c4)c3n2)cs1. The van der Waals surface area contributed by atoms with Gasteiger partial charge in [0.15, 0.2) is 11.5 Å². The molecule has 11 nitrogen and oxygen atoms in total. The van der Waals surface area contributed by atoms with Crippen molar-refractivity contribution in [2.45, 2.75) is 45.4 Å². The van der Waals surface area contributed by atoms with Crippen LogP contribution < -0.4 is 4.90 Å². The van der Waals surface area contributed by atoms with Gasteiger partial charge < -0.3 is 9.47 Å². The Bertz CT molecular complexity index is 1730. The number of carbonyl (C=O) groups is 1. The van der Waals surface area contributed by atoms with Crippen molar-refractivity contribution in [3.8, 4) is 22.5 Å². The molecule has 1 aliphatic rings. The summed E-state index contributed by atoms with van der Waals surface area (Å²) in [5.41, 5.74) is 2.69. The van der Waals surface area contributed by atoms with Crippen molar-refractivity contribution in [1.82, 2.24) is 34.3 Å². The smallest absolute Gasteiger partial charge is 0.416 e. The number of fused-ring (bicyclic) bond motifs is 1. The first kappa shape index (κ1) is 27.2. The first-order chi connectivity index (χ1) is 19.7. The monoisotopic (exact) mass is 592 g/mol. The molecular formula is C27H29FN8O3SSi. The fraction of sp³-hybridized carbons (Fsp3) is 0.333. The Hall–Kier alpha value is -4.01. The van der Waals surface area contributed by atoms with Crippen LogP contribution in [0.15, 0.2) is 48.4 Å². The van der Waals surface area contributed by atoms with Crippen LogP contribution >= 0.6 is 11.3 Å². The number of cyclic esters (lactones) is 1. The number of ether oxygens (including phenoxy) is 2. The molecule has 4 aromatic heterocycles. The molecule has 5 heterocycles. The van der Waals surface area contributed by atoms with Gasteiger partial charge in [0.25, 0.3) is 0 Å². The highest BCUT2D eigenvalue weighted by Crippen LogP contribution is 2.34. The van der Waals surface area contributed by atoms with Crippen molar-refractivity contribution in [1.29, 1.82) is 0 Å². The number of anilines is 1. The Kier molecular flexibility index (Phi) is 7.13. The molecule has 0 saturated carbocycles. The lowest BCUT2D eigenvalue weighted by molar-refractivity contribution is 0.0784. The van der Waals surface area contributed by atoms with Crippen LogP contribution in [0.2, 0.25) is 25.7 Å². The molecule has 0 radical (unpaired) electrons. The summed E-state index contributed by atoms with van der Waals surface area (Å²) in [6, 6.07) is 7.20. The highest BCUT2D eigenvalue weighted by molar-refractivity contribution is 7.09. The number of hydrogen-bond acceptors (Lipinski definition) is 9. The molecule has 0 aliphatic carbocycles. The van der Waals surface area contributed by atoms with Crippen LogP contribution in [0.4, 0.5) is 15.0 Å². The molecule has 0 N–H and O–H groups in total. The third kappa shape index (κ3) is 5.62. The third-order valence-corrected chi connectivity index (χ3v) is 9.23. The fourth-order valence-corrected chi connectivity index (χ4v) is 5.92. The van der Waals surface area contributed by atoms with Crippen molar-refractivity contribution < 1.29 is 18.7 Å². The van der Waals surface area contributed by atoms with Crippen LogP contribution in [-0.2, 0) is 16.2 Å². The van der Waals surface area contributed by atoms with Gasteiger partial charge in [0.1, 0.15) is 37.3 Å². The molecule has 1 fully saturated rings. The van der Waals surface area contributed by atoms with Crippen molar-refractivity contribution in [3.05, 3.63) is 64.9 Å². The van der Waals surface area contributed by atoms with Crippen LogP contribution in [0, 0.1) is 12.7 Å². The summed E-state index contributed by atoms with van der Waals surface area (Å²) in [7, 11) is -1.18. The fourth-order valence-electron chi connectivity index (χ4n) is 4.50. The Morgan fingerprint density at radius 3 is 2.80 bits per heavy atom. The lowest BCUT2D eigenvalue weighted by Crippen LogP contribution is -2.28. The molecule has 1 aromatic carbocycles. The molecular weight excluding hydrogens is 564 g/mol. The van der Waals surface area contributed by atoms with Gasteiger partial charge in [-0.3, -0.25) is 0 Å². The lowest BCUT2D eigenvalue weighted by atomic mass is 10.1. The first-order valence-corrected chi connectivity index (χ1v) is 17.7. The summed E-state index contributed by atoms with van der Waals surface area (Å²) < 4.78 is 29.6. The molecule has 0 unspecified atom stereocenters. The van der Waals surface area contributed by atoms with Crippen LogP contribution in [-0.4, -0.2) is 61.7 Å². The van der Waals surface area contributed by atoms with Crippen molar-refractivity contribution in [2.24, 2.45) is 0 Å². The maximum Gasteiger partial charge on any atom is 0.416 e. The predicted octanol–water partition coefficient (Wildman–Crippen LogP) is 5.57. The van der Waals surface area contributed by atoms with E-state index in [1.807, 2.05) is 12.3 Å². The summed E-state index contributed by atoms with van der Waals surface area (Å²) >= 11 is 1.51. The van der Waals surface area contributed by atoms with Gasteiger partial charge >= 0.3 is 6.09 Å². The number of aromatic nitrogens is 7. The molecule has 1 aliphatic heterocycles. The molecule has 0 bridgehead atoms. The number of amides is 1. The van der Waals surface area contributed by atoms with Gasteiger partial charge in [-0.15, -0.1) is 16.4 Å². The van der Waals surface area contributed by atoms with Crippen molar-refractivity contribution >= 4 is 37.0 Å². The number of aryl methyl sites for hydroxylation is 1. The second-order valence-electron chi connectivity index (χ2n) is 11.0. The van der Waals surface area contributed by atoms with Gasteiger partial charge in [0, 0.05) is 31.8 Å². The highest BCUT2D eigenvalue weighted by Gasteiger charge is 2.38. The van der Waals surface area contributed by atoms with E-state index in [4.69, 9.17) is 14.5 Å². The van der Waals surface area contributed by atoms with Crippen molar-refractivity contribution in [2.75, 3.05) is 18.1 Å². The van der Waals surface area contributed by atoms with Gasteiger partial charge in [0.05, 0.1) is 22.5 Å². The predicted molar refractivity (Wildman–Crippen MR) is 155 cm³/mol. The van der Waals surface area contributed by atoms with Gasteiger partial charge in [0.2, 0.25) is 0 Å². The van der Waals surface area contributed by atoms with E-state index in [1.54, 1.807) is 39.8 Å². The standard InChI is InChI=1S/C27H29FN8O3SSi/c1-17-31-22(14-40-17)23-13-39-27(37)36(23)24-7-8-35-26(32-24)20(12-30-35)18-5-6-19(21(28)11-18)25-29-15-34(33-25)16-38-9-10-41(2,3)4/h5-8,11-12,14-15,23H,9-10,13,16H2,1-4H3/t23-/m1/s1. The topological polar surface area (TPSA) is 113 Å². The van der Waals surface area contributed by atoms with E-state index in [1.165, 1.54) is 28.6 Å². The average molecular weight is 593 g/mol. The average Bonchev–Trinajstić information content (AvgIpc) is 3.72. The maximum absolute atomic E-state index is 15.4. The second-order valence-corrected chi connectivity index (χ2v) is 17.7. The van der Waals surface area contributed by atoms with E-state index < -0.39 is 20.0 Å². The Labute approximate surface area is 240 Å². The van der Waals surface area contributed by atoms with Crippen LogP contribution in [0.1, 0.15) is 16.7 Å². The molecule has 1 amide bonds. The van der Waals surface area contributed by atoms with Gasteiger partial charge in [-0.2, -0.15) is 5.10 Å². The zero-order valence-corrected chi connectivity index (χ0v) is 24.9. The van der Waals surface area contributed by atoms with E-state index in [0.717, 1.165) is 16.7 Å². The number of carbonyl (C=O) groups excluding carboxylic acids is 1. The first-order valence-electron chi connectivity index (χ1n) is 13.2. The van der Waals surface area contributed by atoms with Crippen LogP contribution in [0.3, 0.4) is 0 Å². The Morgan fingerprint density at radius 1 is 1.20 bits per heavy atom. The minimum Gasteiger partial charge on any atom is -0.446 e. The Morgan fingerprint density at radius 2 is 2.05 bits per heavy atom. The largest absolute Gasteiger partial charge is 0.446 e. The zero-order chi connectivity index (χ0) is 28.7. The summed E-state index contributed by atoms with van der Waals surface area (Å²) in [5, 5.41) is 11.6. The summed E-state index contributed by atoms with van der Waals surface area (Å²) in [5.74, 6) is 0.202. The van der Waals surface area contributed by atoms with Crippen LogP contribution in [0.25, 0.3) is 28.2 Å². The number of rotatable bonds is 9. The van der Waals surface area contributed by atoms with Gasteiger partial charge in [-0.25, -0.2) is 38.2 Å². The number of hydrogen-bond donors (Lipinski definition) is 0.